The van der Waals surface area contributed by atoms with E-state index in [9.17, 15) is 4.79 Å². The fourth-order valence-corrected chi connectivity index (χ4v) is 3.87. The SMILES string of the molecule is COc1cc(NC(=O)CSc2nnc(COc3cc(C)ccc3Cl)n2C)c(OC)cc1Cl. The maximum absolute atomic E-state index is 12.5. The van der Waals surface area contributed by atoms with E-state index in [1.54, 1.807) is 22.8 Å². The van der Waals surface area contributed by atoms with Gasteiger partial charge in [0.1, 0.15) is 23.9 Å². The van der Waals surface area contributed by atoms with Crippen molar-refractivity contribution >= 4 is 46.6 Å². The number of methoxy groups -OCH3 is 2. The molecule has 3 aromatic rings. The highest BCUT2D eigenvalue weighted by Crippen LogP contribution is 2.36. The van der Waals surface area contributed by atoms with Crippen molar-refractivity contribution < 1.29 is 19.0 Å². The second kappa shape index (κ2) is 10.8. The lowest BCUT2D eigenvalue weighted by Crippen LogP contribution is -2.15. The number of ether oxygens (including phenoxy) is 3. The van der Waals surface area contributed by atoms with Crippen LogP contribution in [0.2, 0.25) is 10.0 Å². The number of hydrogen-bond donors (Lipinski definition) is 1. The van der Waals surface area contributed by atoms with Crippen LogP contribution in [0.4, 0.5) is 5.69 Å². The van der Waals surface area contributed by atoms with Crippen molar-refractivity contribution in [2.75, 3.05) is 25.3 Å². The highest BCUT2D eigenvalue weighted by molar-refractivity contribution is 7.99. The van der Waals surface area contributed by atoms with Gasteiger partial charge in [0.2, 0.25) is 5.91 Å². The van der Waals surface area contributed by atoms with Crippen LogP contribution in [0, 0.1) is 6.92 Å². The number of aromatic nitrogens is 3. The summed E-state index contributed by atoms with van der Waals surface area (Å²) in [5.41, 5.74) is 1.50. The Bertz CT molecular complexity index is 1120. The topological polar surface area (TPSA) is 87.5 Å². The van der Waals surface area contributed by atoms with Gasteiger partial charge in [0.25, 0.3) is 0 Å². The molecular weight excluding hydrogens is 475 g/mol. The number of hydrogen-bond acceptors (Lipinski definition) is 7. The normalized spacial score (nSPS) is 10.7. The highest BCUT2D eigenvalue weighted by Gasteiger charge is 2.15. The zero-order valence-corrected chi connectivity index (χ0v) is 20.3. The smallest absolute Gasteiger partial charge is 0.234 e. The predicted molar refractivity (Wildman–Crippen MR) is 125 cm³/mol. The molecule has 0 atom stereocenters. The molecule has 0 saturated carbocycles. The second-order valence-corrected chi connectivity index (χ2v) is 8.46. The maximum Gasteiger partial charge on any atom is 0.234 e. The summed E-state index contributed by atoms with van der Waals surface area (Å²) in [4.78, 5) is 12.5. The van der Waals surface area contributed by atoms with Gasteiger partial charge < -0.3 is 24.1 Å². The van der Waals surface area contributed by atoms with Gasteiger partial charge in [-0.25, -0.2) is 0 Å². The molecule has 170 valence electrons. The standard InChI is InChI=1S/C21H22Cl2N4O4S/c1-12-5-6-13(22)17(7-12)31-10-19-25-26-21(27(19)2)32-11-20(28)24-15-9-16(29-3)14(23)8-18(15)30-4/h5-9H,10-11H2,1-4H3,(H,24,28). The first-order valence-electron chi connectivity index (χ1n) is 9.43. The van der Waals surface area contributed by atoms with Crippen LogP contribution in [0.3, 0.4) is 0 Å². The summed E-state index contributed by atoms with van der Waals surface area (Å²) in [5.74, 6) is 1.92. The highest BCUT2D eigenvalue weighted by atomic mass is 35.5. The lowest BCUT2D eigenvalue weighted by Gasteiger charge is -2.13. The number of halogens is 2. The Morgan fingerprint density at radius 1 is 1.06 bits per heavy atom. The zero-order chi connectivity index (χ0) is 23.3. The fraction of sp³-hybridized carbons (Fsp3) is 0.286. The minimum Gasteiger partial charge on any atom is -0.495 e. The molecule has 0 aliphatic carbocycles. The summed E-state index contributed by atoms with van der Waals surface area (Å²) in [6.45, 7) is 2.15. The molecule has 0 unspecified atom stereocenters. The van der Waals surface area contributed by atoms with E-state index in [1.807, 2.05) is 26.1 Å². The van der Waals surface area contributed by atoms with Gasteiger partial charge in [-0.2, -0.15) is 0 Å². The summed E-state index contributed by atoms with van der Waals surface area (Å²) in [6.07, 6.45) is 0. The number of carbonyl (C=O) groups excluding carboxylic acids is 1. The molecule has 0 spiro atoms. The molecule has 0 bridgehead atoms. The van der Waals surface area contributed by atoms with Crippen LogP contribution in [0.1, 0.15) is 11.4 Å². The summed E-state index contributed by atoms with van der Waals surface area (Å²) in [5, 5.41) is 12.6. The third kappa shape index (κ3) is 5.79. The average molecular weight is 497 g/mol. The van der Waals surface area contributed by atoms with E-state index in [2.05, 4.69) is 15.5 Å². The quantitative estimate of drug-likeness (QED) is 0.427. The Hall–Kier alpha value is -2.62. The minimum absolute atomic E-state index is 0.116. The minimum atomic E-state index is -0.245. The number of rotatable bonds is 9. The molecule has 1 amide bonds. The Morgan fingerprint density at radius 3 is 2.53 bits per heavy atom. The molecule has 8 nitrogen and oxygen atoms in total. The van der Waals surface area contributed by atoms with Gasteiger partial charge in [-0.05, 0) is 24.6 Å². The Labute approximate surface area is 200 Å². The average Bonchev–Trinajstić information content (AvgIpc) is 3.13. The van der Waals surface area contributed by atoms with Crippen molar-refractivity contribution in [1.82, 2.24) is 14.8 Å². The van der Waals surface area contributed by atoms with Crippen molar-refractivity contribution in [3.8, 4) is 17.2 Å². The second-order valence-electron chi connectivity index (χ2n) is 6.70. The van der Waals surface area contributed by atoms with Crippen molar-refractivity contribution in [2.45, 2.75) is 18.7 Å². The molecule has 11 heteroatoms. The first-order chi connectivity index (χ1) is 15.3. The lowest BCUT2D eigenvalue weighted by atomic mass is 10.2. The molecule has 0 fully saturated rings. The number of carbonyl (C=O) groups is 1. The number of nitrogens with zero attached hydrogens (tertiary/aromatic N) is 3. The number of anilines is 1. The third-order valence-corrected chi connectivity index (χ3v) is 6.08. The van der Waals surface area contributed by atoms with Crippen LogP contribution >= 0.6 is 35.0 Å². The summed E-state index contributed by atoms with van der Waals surface area (Å²) >= 11 is 13.5. The van der Waals surface area contributed by atoms with E-state index in [0.29, 0.717) is 44.0 Å². The van der Waals surface area contributed by atoms with E-state index in [-0.39, 0.29) is 18.3 Å². The third-order valence-electron chi connectivity index (χ3n) is 4.45. The van der Waals surface area contributed by atoms with Crippen LogP contribution in [-0.2, 0) is 18.4 Å². The number of benzene rings is 2. The number of nitrogens with one attached hydrogen (secondary N) is 1. The maximum atomic E-state index is 12.5. The molecule has 1 aromatic heterocycles. The molecular formula is C21H22Cl2N4O4S. The molecule has 0 saturated heterocycles. The summed E-state index contributed by atoms with van der Waals surface area (Å²) < 4.78 is 18.0. The van der Waals surface area contributed by atoms with Gasteiger partial charge in [0, 0.05) is 19.2 Å². The Balaban J connectivity index is 1.60. The Morgan fingerprint density at radius 2 is 1.81 bits per heavy atom. The van der Waals surface area contributed by atoms with Crippen molar-refractivity contribution in [2.24, 2.45) is 7.05 Å². The molecule has 32 heavy (non-hydrogen) atoms. The van der Waals surface area contributed by atoms with Gasteiger partial charge in [0.05, 0.1) is 35.7 Å². The molecule has 0 aliphatic heterocycles. The van der Waals surface area contributed by atoms with Crippen LogP contribution in [-0.4, -0.2) is 40.6 Å². The monoisotopic (exact) mass is 496 g/mol. The van der Waals surface area contributed by atoms with Gasteiger partial charge >= 0.3 is 0 Å². The summed E-state index contributed by atoms with van der Waals surface area (Å²) in [6, 6.07) is 8.75. The van der Waals surface area contributed by atoms with Crippen molar-refractivity contribution in [3.05, 3.63) is 51.8 Å². The van der Waals surface area contributed by atoms with Gasteiger partial charge in [-0.15, -0.1) is 10.2 Å². The van der Waals surface area contributed by atoms with E-state index in [4.69, 9.17) is 37.4 Å². The van der Waals surface area contributed by atoms with Gasteiger partial charge in [0.15, 0.2) is 11.0 Å². The Kier molecular flexibility index (Phi) is 8.11. The first-order valence-corrected chi connectivity index (χ1v) is 11.2. The van der Waals surface area contributed by atoms with Crippen LogP contribution < -0.4 is 19.5 Å². The van der Waals surface area contributed by atoms with E-state index in [1.165, 1.54) is 26.0 Å². The number of thioether (sulfide) groups is 1. The van der Waals surface area contributed by atoms with E-state index < -0.39 is 0 Å². The van der Waals surface area contributed by atoms with Gasteiger partial charge in [-0.1, -0.05) is 41.0 Å². The zero-order valence-electron chi connectivity index (χ0n) is 17.9. The predicted octanol–water partition coefficient (Wildman–Crippen LogP) is 4.76. The van der Waals surface area contributed by atoms with Crippen LogP contribution in [0.25, 0.3) is 0 Å². The molecule has 1 heterocycles. The fourth-order valence-electron chi connectivity index (χ4n) is 2.73. The molecule has 1 N–H and O–H groups in total. The summed E-state index contributed by atoms with van der Waals surface area (Å²) in [7, 11) is 4.80. The molecule has 3 rings (SSSR count). The molecule has 0 aliphatic rings. The molecule has 0 radical (unpaired) electrons. The molecule has 2 aromatic carbocycles. The van der Waals surface area contributed by atoms with E-state index >= 15 is 0 Å². The largest absolute Gasteiger partial charge is 0.495 e. The van der Waals surface area contributed by atoms with Crippen LogP contribution in [0.5, 0.6) is 17.2 Å². The van der Waals surface area contributed by atoms with E-state index in [0.717, 1.165) is 5.56 Å². The van der Waals surface area contributed by atoms with Gasteiger partial charge in [-0.3, -0.25) is 4.79 Å². The number of amides is 1. The number of aryl methyl sites for hydroxylation is 1. The lowest BCUT2D eigenvalue weighted by molar-refractivity contribution is -0.113. The van der Waals surface area contributed by atoms with Crippen LogP contribution in [0.15, 0.2) is 35.5 Å². The van der Waals surface area contributed by atoms with Crippen molar-refractivity contribution in [1.29, 1.82) is 0 Å². The van der Waals surface area contributed by atoms with Crippen molar-refractivity contribution in [3.63, 3.8) is 0 Å². The first kappa shape index (κ1) is 24.0.